The number of benzene rings is 2. The van der Waals surface area contributed by atoms with Crippen LogP contribution in [0.25, 0.3) is 0 Å². The first-order valence-electron chi connectivity index (χ1n) is 5.39. The van der Waals surface area contributed by atoms with E-state index in [-0.39, 0.29) is 0 Å². The fourth-order valence-corrected chi connectivity index (χ4v) is 2.39. The lowest BCUT2D eigenvalue weighted by Crippen LogP contribution is -1.90. The summed E-state index contributed by atoms with van der Waals surface area (Å²) in [5.74, 6) is 2.38. The summed E-state index contributed by atoms with van der Waals surface area (Å²) in [7, 11) is 1.64. The minimum absolute atomic E-state index is 0.742. The molecule has 0 saturated heterocycles. The van der Waals surface area contributed by atoms with Gasteiger partial charge < -0.3 is 9.47 Å². The van der Waals surface area contributed by atoms with Crippen LogP contribution in [0.2, 0.25) is 0 Å². The molecule has 2 aromatic carbocycles. The molecule has 0 aliphatic rings. The molecule has 0 unspecified atom stereocenters. The van der Waals surface area contributed by atoms with E-state index in [9.17, 15) is 0 Å². The van der Waals surface area contributed by atoms with Crippen molar-refractivity contribution in [2.24, 2.45) is 0 Å². The van der Waals surface area contributed by atoms with Crippen LogP contribution in [0.3, 0.4) is 0 Å². The zero-order valence-corrected chi connectivity index (χ0v) is 13.0. The molecular formula is C14H12Br2O2. The average Bonchev–Trinajstić information content (AvgIpc) is 2.41. The van der Waals surface area contributed by atoms with Crippen LogP contribution in [0, 0.1) is 0 Å². The SMILES string of the molecule is COc1cccc(Oc2ccc(Br)cc2CBr)c1. The Labute approximate surface area is 123 Å². The predicted molar refractivity (Wildman–Crippen MR) is 79.8 cm³/mol. The summed E-state index contributed by atoms with van der Waals surface area (Å²) in [6, 6.07) is 13.5. The molecular weight excluding hydrogens is 360 g/mol. The van der Waals surface area contributed by atoms with Gasteiger partial charge in [-0.3, -0.25) is 0 Å². The summed E-state index contributed by atoms with van der Waals surface area (Å²) in [5.41, 5.74) is 1.09. The second kappa shape index (κ2) is 6.25. The highest BCUT2D eigenvalue weighted by Gasteiger charge is 2.05. The normalized spacial score (nSPS) is 10.2. The molecule has 18 heavy (non-hydrogen) atoms. The van der Waals surface area contributed by atoms with E-state index >= 15 is 0 Å². The number of rotatable bonds is 4. The lowest BCUT2D eigenvalue weighted by Gasteiger charge is -2.11. The van der Waals surface area contributed by atoms with Gasteiger partial charge in [-0.2, -0.15) is 0 Å². The van der Waals surface area contributed by atoms with Crippen LogP contribution in [-0.2, 0) is 5.33 Å². The predicted octanol–water partition coefficient (Wildman–Crippen LogP) is 5.14. The van der Waals surface area contributed by atoms with Crippen LogP contribution < -0.4 is 9.47 Å². The third-order valence-electron chi connectivity index (χ3n) is 2.44. The Bertz CT molecular complexity index is 541. The summed E-state index contributed by atoms with van der Waals surface area (Å²) in [4.78, 5) is 0. The van der Waals surface area contributed by atoms with Gasteiger partial charge in [-0.1, -0.05) is 37.9 Å². The van der Waals surface area contributed by atoms with Crippen molar-refractivity contribution >= 4 is 31.9 Å². The van der Waals surface area contributed by atoms with E-state index in [2.05, 4.69) is 31.9 Å². The molecule has 0 radical (unpaired) electrons. The van der Waals surface area contributed by atoms with E-state index in [1.54, 1.807) is 7.11 Å². The zero-order valence-electron chi connectivity index (χ0n) is 9.82. The van der Waals surface area contributed by atoms with Gasteiger partial charge in [0.05, 0.1) is 7.11 Å². The van der Waals surface area contributed by atoms with Gasteiger partial charge in [-0.25, -0.2) is 0 Å². The molecule has 0 N–H and O–H groups in total. The van der Waals surface area contributed by atoms with Crippen LogP contribution in [0.15, 0.2) is 46.9 Å². The number of halogens is 2. The molecule has 2 aromatic rings. The molecule has 0 aliphatic heterocycles. The first-order chi connectivity index (χ1) is 8.72. The molecule has 2 nitrogen and oxygen atoms in total. The van der Waals surface area contributed by atoms with Crippen molar-refractivity contribution in [3.8, 4) is 17.2 Å². The van der Waals surface area contributed by atoms with Crippen LogP contribution in [-0.4, -0.2) is 7.11 Å². The van der Waals surface area contributed by atoms with Gasteiger partial charge >= 0.3 is 0 Å². The Morgan fingerprint density at radius 2 is 1.83 bits per heavy atom. The summed E-state index contributed by atoms with van der Waals surface area (Å²) in [6.45, 7) is 0. The number of hydrogen-bond acceptors (Lipinski definition) is 2. The molecule has 4 heteroatoms. The molecule has 2 rings (SSSR count). The fourth-order valence-electron chi connectivity index (χ4n) is 1.54. The van der Waals surface area contributed by atoms with Crippen LogP contribution in [0.4, 0.5) is 0 Å². The summed E-state index contributed by atoms with van der Waals surface area (Å²) in [5, 5.41) is 0.742. The number of hydrogen-bond donors (Lipinski definition) is 0. The van der Waals surface area contributed by atoms with Crippen molar-refractivity contribution in [1.82, 2.24) is 0 Å². The fraction of sp³-hybridized carbons (Fsp3) is 0.143. The Morgan fingerprint density at radius 1 is 1.06 bits per heavy atom. The smallest absolute Gasteiger partial charge is 0.131 e. The maximum absolute atomic E-state index is 5.87. The van der Waals surface area contributed by atoms with Gasteiger partial charge in [-0.05, 0) is 30.3 Å². The minimum atomic E-state index is 0.742. The third-order valence-corrected chi connectivity index (χ3v) is 3.53. The van der Waals surface area contributed by atoms with Crippen molar-refractivity contribution in [2.75, 3.05) is 7.11 Å². The Morgan fingerprint density at radius 3 is 2.56 bits per heavy atom. The number of alkyl halides is 1. The second-order valence-corrected chi connectivity index (χ2v) is 5.14. The van der Waals surface area contributed by atoms with Crippen molar-refractivity contribution in [3.63, 3.8) is 0 Å². The largest absolute Gasteiger partial charge is 0.497 e. The highest BCUT2D eigenvalue weighted by atomic mass is 79.9. The van der Waals surface area contributed by atoms with Gasteiger partial charge in [0.15, 0.2) is 0 Å². The molecule has 0 amide bonds. The number of ether oxygens (including phenoxy) is 2. The minimum Gasteiger partial charge on any atom is -0.497 e. The highest BCUT2D eigenvalue weighted by molar-refractivity contribution is 9.10. The van der Waals surface area contributed by atoms with Crippen molar-refractivity contribution in [2.45, 2.75) is 5.33 Å². The number of methoxy groups -OCH3 is 1. The lowest BCUT2D eigenvalue weighted by atomic mass is 10.2. The Hall–Kier alpha value is -1.000. The Balaban J connectivity index is 2.27. The van der Waals surface area contributed by atoms with Gasteiger partial charge in [-0.15, -0.1) is 0 Å². The summed E-state index contributed by atoms with van der Waals surface area (Å²) in [6.07, 6.45) is 0. The van der Waals surface area contributed by atoms with Gasteiger partial charge in [0.25, 0.3) is 0 Å². The first kappa shape index (κ1) is 13.4. The van der Waals surface area contributed by atoms with E-state index in [0.717, 1.165) is 32.6 Å². The molecule has 94 valence electrons. The lowest BCUT2D eigenvalue weighted by molar-refractivity contribution is 0.409. The van der Waals surface area contributed by atoms with Gasteiger partial charge in [0.2, 0.25) is 0 Å². The molecule has 0 spiro atoms. The van der Waals surface area contributed by atoms with E-state index < -0.39 is 0 Å². The van der Waals surface area contributed by atoms with Crippen LogP contribution in [0.1, 0.15) is 5.56 Å². The molecule has 0 aromatic heterocycles. The Kier molecular flexibility index (Phi) is 4.66. The summed E-state index contributed by atoms with van der Waals surface area (Å²) < 4.78 is 12.1. The maximum atomic E-state index is 5.87. The molecule has 0 atom stereocenters. The molecule has 0 heterocycles. The van der Waals surface area contributed by atoms with Crippen molar-refractivity contribution < 1.29 is 9.47 Å². The molecule has 0 saturated carbocycles. The third kappa shape index (κ3) is 3.27. The van der Waals surface area contributed by atoms with E-state index in [1.165, 1.54) is 0 Å². The van der Waals surface area contributed by atoms with Gasteiger partial charge in [0.1, 0.15) is 17.2 Å². The molecule has 0 aliphatic carbocycles. The van der Waals surface area contributed by atoms with E-state index in [1.807, 2.05) is 42.5 Å². The van der Waals surface area contributed by atoms with E-state index in [4.69, 9.17) is 9.47 Å². The monoisotopic (exact) mass is 370 g/mol. The molecule has 0 bridgehead atoms. The van der Waals surface area contributed by atoms with Crippen LogP contribution >= 0.6 is 31.9 Å². The van der Waals surface area contributed by atoms with E-state index in [0.29, 0.717) is 0 Å². The summed E-state index contributed by atoms with van der Waals surface area (Å²) >= 11 is 6.91. The topological polar surface area (TPSA) is 18.5 Å². The highest BCUT2D eigenvalue weighted by Crippen LogP contribution is 2.30. The van der Waals surface area contributed by atoms with Crippen molar-refractivity contribution in [3.05, 3.63) is 52.5 Å². The maximum Gasteiger partial charge on any atom is 0.131 e. The first-order valence-corrected chi connectivity index (χ1v) is 7.30. The second-order valence-electron chi connectivity index (χ2n) is 3.67. The quantitative estimate of drug-likeness (QED) is 0.692. The standard InChI is InChI=1S/C14H12Br2O2/c1-17-12-3-2-4-13(8-12)18-14-6-5-11(16)7-10(14)9-15/h2-8H,9H2,1H3. The molecule has 0 fully saturated rings. The van der Waals surface area contributed by atoms with Crippen LogP contribution in [0.5, 0.6) is 17.2 Å². The van der Waals surface area contributed by atoms with Gasteiger partial charge in [0, 0.05) is 21.4 Å². The zero-order chi connectivity index (χ0) is 13.0. The van der Waals surface area contributed by atoms with Crippen molar-refractivity contribution in [1.29, 1.82) is 0 Å². The average molecular weight is 372 g/mol.